The second kappa shape index (κ2) is 718. The number of nitrogens with zero attached hydrogens (tertiary/aromatic N) is 6. The fourth-order valence-electron chi connectivity index (χ4n) is 0. The molecule has 6 nitrogen and oxygen atoms in total. The quantitative estimate of drug-likeness (QED) is 0.470. The van der Waals surface area contributed by atoms with Crippen LogP contribution in [0.25, 0.3) is 0 Å². The summed E-state index contributed by atoms with van der Waals surface area (Å²) in [5.41, 5.74) is 0. The van der Waals surface area contributed by atoms with E-state index in [1.165, 1.54) is 0 Å². The third kappa shape index (κ3) is 598. The Bertz CT molecular complexity index is 114. The van der Waals surface area contributed by atoms with Gasteiger partial charge in [0.2, 0.25) is 0 Å². The summed E-state index contributed by atoms with van der Waals surface area (Å²) in [4.78, 5) is 0. The van der Waals surface area contributed by atoms with Crippen LogP contribution in [-0.2, 0) is 44.1 Å². The first-order valence-electron chi connectivity index (χ1n) is 1.48. The van der Waals surface area contributed by atoms with Crippen LogP contribution < -0.4 is 0 Å². The molecule has 0 fully saturated rings. The molecule has 0 aromatic carbocycles. The summed E-state index contributed by atoms with van der Waals surface area (Å²) >= 11 is 5.75. The normalized spacial score (nSPS) is 1.13. The van der Waals surface area contributed by atoms with Gasteiger partial charge in [0.15, 0.2) is 0 Å². The van der Waals surface area contributed by atoms with Gasteiger partial charge >= 0.3 is 44.1 Å². The van der Waals surface area contributed by atoms with Crippen molar-refractivity contribution < 1.29 is 44.1 Å². The van der Waals surface area contributed by atoms with E-state index in [-0.39, 0.29) is 16.8 Å². The van der Waals surface area contributed by atoms with Gasteiger partial charge in [-0.25, -0.2) is 0 Å². The van der Waals surface area contributed by atoms with Crippen molar-refractivity contribution in [2.75, 3.05) is 0 Å². The fourth-order valence-corrected chi connectivity index (χ4v) is 0. The van der Waals surface area contributed by atoms with E-state index in [4.69, 9.17) is 71.0 Å². The first kappa shape index (κ1) is 69.9. The van der Waals surface area contributed by atoms with Crippen molar-refractivity contribution in [3.63, 3.8) is 0 Å². The van der Waals surface area contributed by atoms with Crippen molar-refractivity contribution in [1.82, 2.24) is 0 Å². The van der Waals surface area contributed by atoms with Crippen LogP contribution in [0, 0.1) is 71.0 Å². The van der Waals surface area contributed by atoms with E-state index >= 15 is 0 Å². The maximum atomic E-state index is 6.25. The number of hydrogen-bond acceptors (Lipinski definition) is 6. The second-order valence-electron chi connectivity index (χ2n) is 0. The molecule has 0 aliphatic carbocycles. The molecule has 0 unspecified atom stereocenters. The molecule has 0 aromatic heterocycles. The third-order valence-corrected chi connectivity index (χ3v) is 0. The van der Waals surface area contributed by atoms with Gasteiger partial charge in [-0.1, -0.05) is 0 Å². The summed E-state index contributed by atoms with van der Waals surface area (Å²) in [5.74, 6) is 0. The van der Waals surface area contributed by atoms with Crippen LogP contribution in [0.15, 0.2) is 0 Å². The fraction of sp³-hybridized carbons (Fsp3) is 0. The van der Waals surface area contributed by atoms with Gasteiger partial charge in [-0.15, -0.1) is 0 Å². The minimum atomic E-state index is 0. The molecule has 0 rings (SSSR count). The summed E-state index contributed by atoms with van der Waals surface area (Å²) in [7, 11) is 0. The third-order valence-electron chi connectivity index (χ3n) is 0. The average molecular weight is 326 g/mol. The zero-order chi connectivity index (χ0) is 14.0. The molecule has 15 heavy (non-hydrogen) atoms. The Kier molecular flexibility index (Phi) is 3340. The molecule has 0 atom stereocenters. The molecule has 1 radical (unpaired) electrons. The van der Waals surface area contributed by atoms with E-state index in [0.29, 0.717) is 0 Å². The Morgan fingerprint density at radius 1 is 0.467 bits per heavy atom. The standard InChI is InChI=1S/6CN.Co.Fe.Mn/c6*1-2;;;/q6*-1;+2;;. The van der Waals surface area contributed by atoms with E-state index in [1.54, 1.807) is 0 Å². The van der Waals surface area contributed by atoms with Crippen LogP contribution in [0.3, 0.4) is 0 Å². The molecular weight excluding hydrogens is 326 g/mol. The summed E-state index contributed by atoms with van der Waals surface area (Å²) < 4.78 is 0. The van der Waals surface area contributed by atoms with Gasteiger partial charge < -0.3 is 71.0 Å². The molecule has 0 saturated heterocycles. The van der Waals surface area contributed by atoms with Crippen LogP contribution in [0.1, 0.15) is 0 Å². The second-order valence-corrected chi connectivity index (χ2v) is 0. The molecule has 9 heteroatoms. The van der Waals surface area contributed by atoms with E-state index in [9.17, 15) is 0 Å². The van der Waals surface area contributed by atoms with Gasteiger partial charge in [0.1, 0.15) is 0 Å². The summed E-state index contributed by atoms with van der Waals surface area (Å²) in [5, 5.41) is 37.5. The van der Waals surface area contributed by atoms with Crippen molar-refractivity contribution >= 4 is 0 Å². The summed E-state index contributed by atoms with van der Waals surface area (Å²) in [6, 6.07) is 0. The summed E-state index contributed by atoms with van der Waals surface area (Å²) in [6.07, 6.45) is 0. The molecular formula is C6CoFeMnN6-4. The predicted molar refractivity (Wildman–Crippen MR) is 29.8 cm³/mol. The monoisotopic (exact) mass is 326 g/mol. The van der Waals surface area contributed by atoms with Crippen molar-refractivity contribution in [2.45, 2.75) is 0 Å². The maximum absolute atomic E-state index is 6.25. The Labute approximate surface area is 115 Å². The van der Waals surface area contributed by atoms with Crippen LogP contribution in [0.5, 0.6) is 0 Å². The van der Waals surface area contributed by atoms with Gasteiger partial charge in [-0.3, -0.25) is 0 Å². The van der Waals surface area contributed by atoms with Crippen molar-refractivity contribution in [2.24, 2.45) is 0 Å². The molecule has 0 heterocycles. The first-order chi connectivity index (χ1) is 7.00. The van der Waals surface area contributed by atoms with Gasteiger partial charge in [0.25, 0.3) is 0 Å². The number of rotatable bonds is 0. The van der Waals surface area contributed by atoms with Crippen molar-refractivity contribution in [3.8, 4) is 0 Å². The van der Waals surface area contributed by atoms with E-state index < -0.39 is 0 Å². The topological polar surface area (TPSA) is 143 Å². The molecule has 0 aliphatic rings. The zero-order valence-electron chi connectivity index (χ0n) is 6.75. The van der Waals surface area contributed by atoms with Crippen LogP contribution in [-0.4, -0.2) is 0 Å². The molecule has 0 aromatic rings. The molecule has 0 saturated carbocycles. The molecule has 0 bridgehead atoms. The Balaban J connectivity index is -0.00000000628. The Hall–Kier alpha value is -1.51. The molecule has 0 N–H and O–H groups in total. The van der Waals surface area contributed by atoms with E-state index in [2.05, 4.69) is 27.3 Å². The SMILES string of the molecule is [C-]#N.[C-]#N.[C-]#N.[C-]#N.[C-]#N.[C-]#N.[Co+2].[Mn]=[Fe]. The molecule has 0 amide bonds. The van der Waals surface area contributed by atoms with Crippen LogP contribution >= 0.6 is 0 Å². The first-order valence-corrected chi connectivity index (χ1v) is 3.61. The van der Waals surface area contributed by atoms with Gasteiger partial charge in [0, 0.05) is 0 Å². The summed E-state index contributed by atoms with van der Waals surface area (Å²) in [6.45, 7) is 28.5. The Morgan fingerprint density at radius 2 is 0.467 bits per heavy atom. The van der Waals surface area contributed by atoms with Gasteiger partial charge in [0.05, 0.1) is 0 Å². The predicted octanol–water partition coefficient (Wildman–Crippen LogP) is 0.571. The average Bonchev–Trinajstić information content (AvgIpc) is 2.45. The molecule has 0 spiro atoms. The zero-order valence-corrected chi connectivity index (χ0v) is 10.1. The van der Waals surface area contributed by atoms with Crippen molar-refractivity contribution in [1.29, 1.82) is 31.6 Å². The van der Waals surface area contributed by atoms with Crippen LogP contribution in [0.2, 0.25) is 0 Å². The van der Waals surface area contributed by atoms with Gasteiger partial charge in [-0.05, 0) is 0 Å². The van der Waals surface area contributed by atoms with E-state index in [1.807, 2.05) is 0 Å². The van der Waals surface area contributed by atoms with E-state index in [0.717, 1.165) is 0 Å². The Morgan fingerprint density at radius 3 is 0.467 bits per heavy atom. The minimum absolute atomic E-state index is 0. The molecule has 0 aliphatic heterocycles. The molecule has 82 valence electrons. The van der Waals surface area contributed by atoms with Crippen molar-refractivity contribution in [3.05, 3.63) is 39.4 Å². The number of hydrogen-bond donors (Lipinski definition) is 0. The van der Waals surface area contributed by atoms with Gasteiger partial charge in [-0.2, -0.15) is 0 Å². The van der Waals surface area contributed by atoms with Crippen LogP contribution in [0.4, 0.5) is 0 Å².